The van der Waals surface area contributed by atoms with Crippen molar-refractivity contribution in [3.63, 3.8) is 0 Å². The van der Waals surface area contributed by atoms with Crippen LogP contribution in [0.15, 0.2) is 53.1 Å². The number of hydrogen-bond donors (Lipinski definition) is 2. The molecule has 0 saturated carbocycles. The monoisotopic (exact) mass is 461 g/mol. The fraction of sp³-hybridized carbons (Fsp3) is 0.273. The molecule has 1 aliphatic heterocycles. The molecule has 8 nitrogen and oxygen atoms in total. The number of rotatable bonds is 3. The molecular formula is C22H21ClFN3O5. The summed E-state index contributed by atoms with van der Waals surface area (Å²) in [4.78, 5) is 25.1. The van der Waals surface area contributed by atoms with E-state index in [0.717, 1.165) is 31.5 Å². The van der Waals surface area contributed by atoms with Crippen LogP contribution in [0.5, 0.6) is 0 Å². The molecule has 0 atom stereocenters. The topological polar surface area (TPSA) is 117 Å². The van der Waals surface area contributed by atoms with Crippen LogP contribution >= 0.6 is 11.6 Å². The third-order valence-electron chi connectivity index (χ3n) is 5.37. The smallest absolute Gasteiger partial charge is 0.414 e. The van der Waals surface area contributed by atoms with Crippen LogP contribution in [0.25, 0.3) is 11.4 Å². The van der Waals surface area contributed by atoms with Gasteiger partial charge in [-0.25, -0.2) is 14.0 Å². The highest BCUT2D eigenvalue weighted by atomic mass is 35.5. The van der Waals surface area contributed by atoms with Gasteiger partial charge in [0.2, 0.25) is 11.7 Å². The van der Waals surface area contributed by atoms with Crippen molar-refractivity contribution in [3.05, 3.63) is 70.8 Å². The molecule has 1 aromatic heterocycles. The molecule has 1 fully saturated rings. The zero-order chi connectivity index (χ0) is 23.3. The van der Waals surface area contributed by atoms with Crippen LogP contribution < -0.4 is 0 Å². The zero-order valence-corrected chi connectivity index (χ0v) is 17.9. The Morgan fingerprint density at radius 3 is 2.25 bits per heavy atom. The molecule has 4 rings (SSSR count). The van der Waals surface area contributed by atoms with E-state index in [1.807, 2.05) is 18.2 Å². The number of likely N-dealkylation sites (tertiary alicyclic amines) is 1. The lowest BCUT2D eigenvalue weighted by atomic mass is 9.72. The largest absolute Gasteiger partial charge is 0.473 e. The molecule has 10 heteroatoms. The Morgan fingerprint density at radius 1 is 1.06 bits per heavy atom. The van der Waals surface area contributed by atoms with Gasteiger partial charge >= 0.3 is 11.9 Å². The first kappa shape index (κ1) is 23.4. The van der Waals surface area contributed by atoms with E-state index in [-0.39, 0.29) is 21.8 Å². The van der Waals surface area contributed by atoms with Gasteiger partial charge in [0.1, 0.15) is 5.82 Å². The maximum absolute atomic E-state index is 14.2. The average molecular weight is 462 g/mol. The first-order valence-corrected chi connectivity index (χ1v) is 10.1. The van der Waals surface area contributed by atoms with E-state index in [2.05, 4.69) is 34.2 Å². The van der Waals surface area contributed by atoms with Crippen molar-refractivity contribution >= 4 is 23.5 Å². The Kier molecular flexibility index (Phi) is 7.22. The molecule has 0 radical (unpaired) electrons. The van der Waals surface area contributed by atoms with Gasteiger partial charge in [-0.2, -0.15) is 4.98 Å². The van der Waals surface area contributed by atoms with E-state index < -0.39 is 17.8 Å². The standard InChI is InChI=1S/C20H19ClFN3O.C2H2O4/c1-25-12-10-20(11-13-25,14-6-3-2-4-7-14)19-23-18(24-26-19)17-15(21)8-5-9-16(17)22;3-1(4)2(5)6/h2-9H,10-13H2,1H3;(H,3,4)(H,5,6). The Hall–Kier alpha value is -3.30. The van der Waals surface area contributed by atoms with Gasteiger partial charge in [0.05, 0.1) is 16.0 Å². The molecule has 3 aromatic rings. The summed E-state index contributed by atoms with van der Waals surface area (Å²) < 4.78 is 19.9. The quantitative estimate of drug-likeness (QED) is 0.567. The number of halogens is 2. The molecule has 0 aliphatic carbocycles. The second kappa shape index (κ2) is 9.88. The molecule has 1 saturated heterocycles. The van der Waals surface area contributed by atoms with Crippen molar-refractivity contribution in [1.82, 2.24) is 15.0 Å². The van der Waals surface area contributed by atoms with Crippen LogP contribution in [0.2, 0.25) is 5.02 Å². The number of hydrogen-bond acceptors (Lipinski definition) is 6. The first-order valence-electron chi connectivity index (χ1n) is 9.73. The van der Waals surface area contributed by atoms with E-state index in [0.29, 0.717) is 5.89 Å². The number of piperidine rings is 1. The number of nitrogens with zero attached hydrogens (tertiary/aromatic N) is 3. The molecule has 0 spiro atoms. The van der Waals surface area contributed by atoms with Crippen LogP contribution in [-0.2, 0) is 15.0 Å². The SMILES string of the molecule is CN1CCC(c2ccccc2)(c2nc(-c3c(F)cccc3Cl)no2)CC1.O=C(O)C(=O)O. The Bertz CT molecular complexity index is 1070. The molecule has 2 N–H and O–H groups in total. The number of carbonyl (C=O) groups is 2. The molecule has 168 valence electrons. The van der Waals surface area contributed by atoms with Crippen molar-refractivity contribution < 1.29 is 28.7 Å². The predicted octanol–water partition coefficient (Wildman–Crippen LogP) is 3.70. The third kappa shape index (κ3) is 4.95. The van der Waals surface area contributed by atoms with Crippen molar-refractivity contribution in [3.8, 4) is 11.4 Å². The lowest BCUT2D eigenvalue weighted by Gasteiger charge is -2.38. The minimum absolute atomic E-state index is 0.181. The van der Waals surface area contributed by atoms with Crippen LogP contribution in [0.1, 0.15) is 24.3 Å². The summed E-state index contributed by atoms with van der Waals surface area (Å²) in [6.45, 7) is 1.85. The summed E-state index contributed by atoms with van der Waals surface area (Å²) in [5, 5.41) is 19.1. The van der Waals surface area contributed by atoms with Gasteiger partial charge < -0.3 is 19.6 Å². The second-order valence-electron chi connectivity index (χ2n) is 7.38. The minimum atomic E-state index is -1.82. The van der Waals surface area contributed by atoms with Crippen molar-refractivity contribution in [1.29, 1.82) is 0 Å². The summed E-state index contributed by atoms with van der Waals surface area (Å²) in [7, 11) is 2.10. The predicted molar refractivity (Wildman–Crippen MR) is 114 cm³/mol. The lowest BCUT2D eigenvalue weighted by molar-refractivity contribution is -0.159. The van der Waals surface area contributed by atoms with E-state index in [4.69, 9.17) is 35.9 Å². The van der Waals surface area contributed by atoms with E-state index >= 15 is 0 Å². The fourth-order valence-electron chi connectivity index (χ4n) is 3.61. The van der Waals surface area contributed by atoms with Crippen LogP contribution in [-0.4, -0.2) is 57.3 Å². The van der Waals surface area contributed by atoms with Crippen molar-refractivity contribution in [2.75, 3.05) is 20.1 Å². The van der Waals surface area contributed by atoms with Crippen molar-refractivity contribution in [2.45, 2.75) is 18.3 Å². The normalized spacial score (nSPS) is 15.5. The second-order valence-corrected chi connectivity index (χ2v) is 7.79. The summed E-state index contributed by atoms with van der Waals surface area (Å²) in [6.07, 6.45) is 1.72. The summed E-state index contributed by atoms with van der Waals surface area (Å²) in [5.41, 5.74) is 0.958. The molecule has 2 heterocycles. The van der Waals surface area contributed by atoms with Gasteiger partial charge in [-0.3, -0.25) is 0 Å². The van der Waals surface area contributed by atoms with Gasteiger partial charge in [0.25, 0.3) is 0 Å². The van der Waals surface area contributed by atoms with E-state index in [1.165, 1.54) is 6.07 Å². The number of benzene rings is 2. The fourth-order valence-corrected chi connectivity index (χ4v) is 3.86. The van der Waals surface area contributed by atoms with Gasteiger partial charge in [-0.15, -0.1) is 0 Å². The molecular weight excluding hydrogens is 441 g/mol. The van der Waals surface area contributed by atoms with Crippen molar-refractivity contribution in [2.24, 2.45) is 0 Å². The van der Waals surface area contributed by atoms with E-state index in [9.17, 15) is 4.39 Å². The van der Waals surface area contributed by atoms with Gasteiger partial charge in [-0.05, 0) is 50.7 Å². The summed E-state index contributed by atoms with van der Waals surface area (Å²) in [6, 6.07) is 14.7. The minimum Gasteiger partial charge on any atom is -0.473 e. The van der Waals surface area contributed by atoms with Crippen LogP contribution in [0.4, 0.5) is 4.39 Å². The summed E-state index contributed by atoms with van der Waals surface area (Å²) >= 11 is 6.16. The molecule has 1 aliphatic rings. The maximum Gasteiger partial charge on any atom is 0.414 e. The Labute approximate surface area is 188 Å². The molecule has 2 aromatic carbocycles. The lowest BCUT2D eigenvalue weighted by Crippen LogP contribution is -2.41. The number of carboxylic acids is 2. The zero-order valence-electron chi connectivity index (χ0n) is 17.2. The number of carboxylic acid groups (broad SMARTS) is 2. The number of aliphatic carboxylic acids is 2. The molecule has 0 unspecified atom stereocenters. The highest BCUT2D eigenvalue weighted by Gasteiger charge is 2.42. The van der Waals surface area contributed by atoms with Gasteiger partial charge in [0.15, 0.2) is 0 Å². The first-order chi connectivity index (χ1) is 15.2. The van der Waals surface area contributed by atoms with E-state index in [1.54, 1.807) is 12.1 Å². The number of aromatic nitrogens is 2. The highest BCUT2D eigenvalue weighted by molar-refractivity contribution is 6.33. The Balaban J connectivity index is 0.000000427. The third-order valence-corrected chi connectivity index (χ3v) is 5.69. The molecule has 0 amide bonds. The average Bonchev–Trinajstić information content (AvgIpc) is 3.25. The van der Waals surface area contributed by atoms with Gasteiger partial charge in [-0.1, -0.05) is 53.2 Å². The maximum atomic E-state index is 14.2. The van der Waals surface area contributed by atoms with Crippen LogP contribution in [0.3, 0.4) is 0 Å². The Morgan fingerprint density at radius 2 is 1.69 bits per heavy atom. The summed E-state index contributed by atoms with van der Waals surface area (Å²) in [5.74, 6) is -3.39. The highest BCUT2D eigenvalue weighted by Crippen LogP contribution is 2.41. The van der Waals surface area contributed by atoms with Crippen LogP contribution in [0, 0.1) is 5.82 Å². The molecule has 0 bridgehead atoms. The van der Waals surface area contributed by atoms with Gasteiger partial charge in [0, 0.05) is 0 Å². The molecule has 32 heavy (non-hydrogen) atoms.